The molecule has 3 rings (SSSR count). The van der Waals surface area contributed by atoms with Crippen LogP contribution in [0.1, 0.15) is 21.5 Å². The van der Waals surface area contributed by atoms with E-state index in [0.29, 0.717) is 11.6 Å². The number of halogens is 4. The zero-order valence-corrected chi connectivity index (χ0v) is 19.9. The van der Waals surface area contributed by atoms with E-state index in [0.717, 1.165) is 30.0 Å². The van der Waals surface area contributed by atoms with Crippen LogP contribution in [-0.2, 0) is 22.1 Å². The Balaban J connectivity index is 1.63. The van der Waals surface area contributed by atoms with Crippen LogP contribution in [0.25, 0.3) is 0 Å². The molecule has 7 nitrogen and oxygen atoms in total. The number of ether oxygens (including phenoxy) is 2. The number of alkyl halides is 3. The van der Waals surface area contributed by atoms with E-state index < -0.39 is 29.1 Å². The Morgan fingerprint density at radius 1 is 1.03 bits per heavy atom. The molecule has 0 fully saturated rings. The van der Waals surface area contributed by atoms with E-state index in [1.165, 1.54) is 12.1 Å². The highest BCUT2D eigenvalue weighted by atomic mass is 35.5. The number of benzene rings is 3. The number of hydrogen-bond donors (Lipinski definition) is 0. The molecule has 0 aromatic heterocycles. The summed E-state index contributed by atoms with van der Waals surface area (Å²) in [4.78, 5) is 35.0. The summed E-state index contributed by atoms with van der Waals surface area (Å²) in [5, 5.41) is 10.9. The van der Waals surface area contributed by atoms with Gasteiger partial charge in [-0.2, -0.15) is 13.2 Å². The van der Waals surface area contributed by atoms with Crippen LogP contribution in [0.4, 0.5) is 18.9 Å². The summed E-state index contributed by atoms with van der Waals surface area (Å²) < 4.78 is 49.0. The number of nitro groups is 1. The first-order valence-electron chi connectivity index (χ1n) is 10.2. The van der Waals surface area contributed by atoms with Gasteiger partial charge in [0.05, 0.1) is 21.9 Å². The van der Waals surface area contributed by atoms with E-state index >= 15 is 0 Å². The first-order valence-corrected chi connectivity index (χ1v) is 11.6. The van der Waals surface area contributed by atoms with Gasteiger partial charge in [-0.25, -0.2) is 0 Å². The minimum absolute atomic E-state index is 0.0223. The van der Waals surface area contributed by atoms with E-state index in [1.54, 1.807) is 30.3 Å². The molecule has 0 unspecified atom stereocenters. The Hall–Kier alpha value is -3.57. The summed E-state index contributed by atoms with van der Waals surface area (Å²) in [5.41, 5.74) is -0.852. The maximum Gasteiger partial charge on any atom is 0.416 e. The first kappa shape index (κ1) is 27.0. The molecule has 0 amide bonds. The molecule has 0 aliphatic rings. The summed E-state index contributed by atoms with van der Waals surface area (Å²) in [7, 11) is 0. The monoisotopic (exact) mass is 539 g/mol. The highest BCUT2D eigenvalue weighted by molar-refractivity contribution is 8.14. The van der Waals surface area contributed by atoms with Crippen LogP contribution in [0.2, 0.25) is 5.02 Å². The third kappa shape index (κ3) is 7.46. The second-order valence-corrected chi connectivity index (χ2v) is 8.67. The first-order chi connectivity index (χ1) is 17.0. The standard InChI is InChI=1S/C24H17ClF3NO6S/c25-19-14-17(24(26,27)28)6-9-21(19)35-18-7-8-20(29(32)33)16(12-18)13-22(30)34-10-11-36-23(31)15-4-2-1-3-5-15/h1-9,12,14H,10-11,13H2. The molecule has 0 aliphatic heterocycles. The molecule has 0 saturated carbocycles. The molecular formula is C24H17ClF3NO6S. The molecule has 0 aliphatic carbocycles. The van der Waals surface area contributed by atoms with Crippen molar-refractivity contribution in [2.24, 2.45) is 0 Å². The minimum atomic E-state index is -4.59. The van der Waals surface area contributed by atoms with Crippen molar-refractivity contribution in [2.45, 2.75) is 12.6 Å². The van der Waals surface area contributed by atoms with Gasteiger partial charge in [-0.3, -0.25) is 19.7 Å². The van der Waals surface area contributed by atoms with Crippen molar-refractivity contribution in [1.82, 2.24) is 0 Å². The quantitative estimate of drug-likeness (QED) is 0.129. The van der Waals surface area contributed by atoms with Crippen molar-refractivity contribution in [1.29, 1.82) is 0 Å². The highest BCUT2D eigenvalue weighted by Gasteiger charge is 2.31. The molecule has 0 radical (unpaired) electrons. The zero-order chi connectivity index (χ0) is 26.3. The molecule has 36 heavy (non-hydrogen) atoms. The van der Waals surface area contributed by atoms with Crippen LogP contribution in [0.3, 0.4) is 0 Å². The van der Waals surface area contributed by atoms with Crippen molar-refractivity contribution < 1.29 is 37.2 Å². The van der Waals surface area contributed by atoms with E-state index in [1.807, 2.05) is 0 Å². The number of nitrogens with zero attached hydrogens (tertiary/aromatic N) is 1. The van der Waals surface area contributed by atoms with E-state index in [-0.39, 0.29) is 45.2 Å². The molecule has 188 valence electrons. The van der Waals surface area contributed by atoms with Crippen molar-refractivity contribution in [2.75, 3.05) is 12.4 Å². The maximum atomic E-state index is 12.8. The largest absolute Gasteiger partial charge is 0.465 e. The van der Waals surface area contributed by atoms with Crippen LogP contribution >= 0.6 is 23.4 Å². The molecule has 3 aromatic carbocycles. The van der Waals surface area contributed by atoms with Gasteiger partial charge in [0.2, 0.25) is 5.12 Å². The topological polar surface area (TPSA) is 95.7 Å². The van der Waals surface area contributed by atoms with Gasteiger partial charge < -0.3 is 9.47 Å². The third-order valence-corrected chi connectivity index (χ3v) is 5.82. The maximum absolute atomic E-state index is 12.8. The summed E-state index contributed by atoms with van der Waals surface area (Å²) in [6.07, 6.45) is -5.05. The summed E-state index contributed by atoms with van der Waals surface area (Å²) in [6.45, 7) is -0.0901. The predicted molar refractivity (Wildman–Crippen MR) is 128 cm³/mol. The van der Waals surface area contributed by atoms with Gasteiger partial charge in [0, 0.05) is 22.9 Å². The van der Waals surface area contributed by atoms with Crippen LogP contribution in [0.5, 0.6) is 11.5 Å². The third-order valence-electron chi connectivity index (χ3n) is 4.66. The van der Waals surface area contributed by atoms with Gasteiger partial charge >= 0.3 is 12.1 Å². The molecule has 0 bridgehead atoms. The fourth-order valence-corrected chi connectivity index (χ4v) is 3.86. The van der Waals surface area contributed by atoms with Crippen molar-refractivity contribution in [3.8, 4) is 11.5 Å². The SMILES string of the molecule is O=C(Cc1cc(Oc2ccc(C(F)(F)F)cc2Cl)ccc1[N+](=O)[O-])OCCSC(=O)c1ccccc1. The second kappa shape index (κ2) is 11.9. The van der Waals surface area contributed by atoms with Gasteiger partial charge in [0.15, 0.2) is 0 Å². The van der Waals surface area contributed by atoms with Gasteiger partial charge in [0.25, 0.3) is 5.69 Å². The molecule has 0 heterocycles. The lowest BCUT2D eigenvalue weighted by molar-refractivity contribution is -0.385. The van der Waals surface area contributed by atoms with Gasteiger partial charge in [-0.15, -0.1) is 0 Å². The van der Waals surface area contributed by atoms with Crippen LogP contribution in [0.15, 0.2) is 66.7 Å². The molecule has 0 spiro atoms. The smallest absolute Gasteiger partial charge is 0.416 e. The number of esters is 1. The lowest BCUT2D eigenvalue weighted by Gasteiger charge is -2.12. The lowest BCUT2D eigenvalue weighted by Crippen LogP contribution is -2.12. The van der Waals surface area contributed by atoms with E-state index in [4.69, 9.17) is 21.1 Å². The van der Waals surface area contributed by atoms with Gasteiger partial charge in [-0.05, 0) is 30.3 Å². The molecule has 0 saturated heterocycles. The Labute approximate surface area is 212 Å². The second-order valence-electron chi connectivity index (χ2n) is 7.19. The lowest BCUT2D eigenvalue weighted by atomic mass is 10.1. The average Bonchev–Trinajstić information content (AvgIpc) is 2.83. The molecule has 0 N–H and O–H groups in total. The Morgan fingerprint density at radius 3 is 2.39 bits per heavy atom. The molecular weight excluding hydrogens is 523 g/mol. The van der Waals surface area contributed by atoms with Crippen LogP contribution in [0, 0.1) is 10.1 Å². The normalized spacial score (nSPS) is 11.1. The zero-order valence-electron chi connectivity index (χ0n) is 18.3. The number of carbonyl (C=O) groups excluding carboxylic acids is 2. The summed E-state index contributed by atoms with van der Waals surface area (Å²) >= 11 is 6.86. The fraction of sp³-hybridized carbons (Fsp3) is 0.167. The molecule has 0 atom stereocenters. The Kier molecular flexibility index (Phi) is 8.94. The number of carbonyl (C=O) groups is 2. The van der Waals surface area contributed by atoms with E-state index in [9.17, 15) is 32.9 Å². The van der Waals surface area contributed by atoms with Gasteiger partial charge in [0.1, 0.15) is 18.1 Å². The van der Waals surface area contributed by atoms with Crippen molar-refractivity contribution in [3.05, 3.63) is 98.6 Å². The van der Waals surface area contributed by atoms with Crippen molar-refractivity contribution >= 4 is 40.1 Å². The summed E-state index contributed by atoms with van der Waals surface area (Å²) in [5.74, 6) is -0.659. The summed E-state index contributed by atoms with van der Waals surface area (Å²) in [6, 6.07) is 14.6. The predicted octanol–water partition coefficient (Wildman–Crippen LogP) is 6.72. The molecule has 12 heteroatoms. The number of hydrogen-bond acceptors (Lipinski definition) is 7. The van der Waals surface area contributed by atoms with Crippen molar-refractivity contribution in [3.63, 3.8) is 0 Å². The van der Waals surface area contributed by atoms with Gasteiger partial charge in [-0.1, -0.05) is 53.7 Å². The number of rotatable bonds is 9. The van der Waals surface area contributed by atoms with E-state index in [2.05, 4.69) is 0 Å². The number of thioether (sulfide) groups is 1. The highest BCUT2D eigenvalue weighted by Crippen LogP contribution is 2.37. The average molecular weight is 540 g/mol. The Bertz CT molecular complexity index is 1270. The minimum Gasteiger partial charge on any atom is -0.465 e. The fourth-order valence-electron chi connectivity index (χ4n) is 2.99. The van der Waals surface area contributed by atoms with Crippen LogP contribution < -0.4 is 4.74 Å². The molecule has 3 aromatic rings. The Morgan fingerprint density at radius 2 is 1.75 bits per heavy atom. The number of nitro benzene ring substituents is 1. The van der Waals surface area contributed by atoms with Crippen LogP contribution in [-0.4, -0.2) is 28.4 Å².